The van der Waals surface area contributed by atoms with Gasteiger partial charge in [0.2, 0.25) is 0 Å². The van der Waals surface area contributed by atoms with Crippen molar-refractivity contribution in [1.82, 2.24) is 5.43 Å². The molecule has 0 aliphatic carbocycles. The SMILES string of the molecule is CCCN(CC)c1ccc(/C=N\NC(=S)Nc2c(C)cccc2C)cc1. The van der Waals surface area contributed by atoms with Gasteiger partial charge in [-0.3, -0.25) is 5.43 Å². The summed E-state index contributed by atoms with van der Waals surface area (Å²) in [5.41, 5.74) is 8.49. The molecule has 2 aromatic carbocycles. The van der Waals surface area contributed by atoms with Crippen molar-refractivity contribution in [3.63, 3.8) is 0 Å². The molecule has 5 heteroatoms. The van der Waals surface area contributed by atoms with Crippen LogP contribution in [0.3, 0.4) is 0 Å². The van der Waals surface area contributed by atoms with Gasteiger partial charge in [-0.05, 0) is 68.2 Å². The van der Waals surface area contributed by atoms with E-state index >= 15 is 0 Å². The van der Waals surface area contributed by atoms with Crippen molar-refractivity contribution in [2.75, 3.05) is 23.3 Å². The van der Waals surface area contributed by atoms with Crippen LogP contribution in [0.2, 0.25) is 0 Å². The highest BCUT2D eigenvalue weighted by molar-refractivity contribution is 7.80. The molecule has 0 saturated heterocycles. The second kappa shape index (κ2) is 9.92. The van der Waals surface area contributed by atoms with E-state index in [1.807, 2.05) is 6.07 Å². The molecule has 0 fully saturated rings. The lowest BCUT2D eigenvalue weighted by atomic mass is 10.1. The number of nitrogens with one attached hydrogen (secondary N) is 2. The largest absolute Gasteiger partial charge is 0.372 e. The van der Waals surface area contributed by atoms with Crippen LogP contribution in [0.25, 0.3) is 0 Å². The Kier molecular flexibility index (Phi) is 7.60. The molecule has 0 aliphatic rings. The van der Waals surface area contributed by atoms with Crippen LogP contribution in [0.4, 0.5) is 11.4 Å². The quantitative estimate of drug-likeness (QED) is 0.416. The summed E-state index contributed by atoms with van der Waals surface area (Å²) in [5, 5.41) is 7.93. The summed E-state index contributed by atoms with van der Waals surface area (Å²) in [4.78, 5) is 2.36. The van der Waals surface area contributed by atoms with Gasteiger partial charge in [0.15, 0.2) is 5.11 Å². The maximum atomic E-state index is 5.33. The maximum Gasteiger partial charge on any atom is 0.191 e. The first kappa shape index (κ1) is 19.9. The van der Waals surface area contributed by atoms with Crippen LogP contribution >= 0.6 is 12.2 Å². The standard InChI is InChI=1S/C21H28N4S/c1-5-14-25(6-2)19-12-10-18(11-13-19)15-22-24-21(26)23-20-16(3)8-7-9-17(20)4/h7-13,15H,5-6,14H2,1-4H3,(H2,23,24,26)/b22-15-. The zero-order valence-electron chi connectivity index (χ0n) is 16.0. The molecule has 2 rings (SSSR count). The highest BCUT2D eigenvalue weighted by atomic mass is 32.1. The lowest BCUT2D eigenvalue weighted by molar-refractivity contribution is 0.792. The van der Waals surface area contributed by atoms with Crippen molar-refractivity contribution in [1.29, 1.82) is 0 Å². The number of hydrogen-bond donors (Lipinski definition) is 2. The van der Waals surface area contributed by atoms with Crippen molar-refractivity contribution in [2.24, 2.45) is 5.10 Å². The number of para-hydroxylation sites is 1. The Bertz CT molecular complexity index is 733. The van der Waals surface area contributed by atoms with Crippen LogP contribution in [0.1, 0.15) is 37.0 Å². The van der Waals surface area contributed by atoms with Gasteiger partial charge >= 0.3 is 0 Å². The average molecular weight is 369 g/mol. The molecule has 0 amide bonds. The third-order valence-corrected chi connectivity index (χ3v) is 4.43. The van der Waals surface area contributed by atoms with Gasteiger partial charge in [0, 0.05) is 24.5 Å². The van der Waals surface area contributed by atoms with Crippen molar-refractivity contribution in [3.8, 4) is 0 Å². The van der Waals surface area contributed by atoms with Gasteiger partial charge in [-0.2, -0.15) is 5.10 Å². The second-order valence-electron chi connectivity index (χ2n) is 6.26. The number of hydrogen-bond acceptors (Lipinski definition) is 3. The zero-order valence-corrected chi connectivity index (χ0v) is 16.9. The average Bonchev–Trinajstić information content (AvgIpc) is 2.63. The topological polar surface area (TPSA) is 39.7 Å². The smallest absolute Gasteiger partial charge is 0.191 e. The molecule has 0 unspecified atom stereocenters. The van der Waals surface area contributed by atoms with Gasteiger partial charge < -0.3 is 10.2 Å². The van der Waals surface area contributed by atoms with Crippen molar-refractivity contribution >= 4 is 34.9 Å². The van der Waals surface area contributed by atoms with E-state index in [0.29, 0.717) is 5.11 Å². The van der Waals surface area contributed by atoms with Crippen LogP contribution < -0.4 is 15.6 Å². The molecule has 0 spiro atoms. The number of rotatable bonds is 7. The molecule has 138 valence electrons. The Hall–Kier alpha value is -2.40. The van der Waals surface area contributed by atoms with Crippen LogP contribution in [0, 0.1) is 13.8 Å². The van der Waals surface area contributed by atoms with E-state index in [4.69, 9.17) is 12.2 Å². The fraction of sp³-hybridized carbons (Fsp3) is 0.333. The molecule has 4 nitrogen and oxygen atoms in total. The normalized spacial score (nSPS) is 10.8. The third-order valence-electron chi connectivity index (χ3n) is 4.23. The van der Waals surface area contributed by atoms with E-state index < -0.39 is 0 Å². The molecule has 2 N–H and O–H groups in total. The Labute approximate surface area is 162 Å². The minimum absolute atomic E-state index is 0.482. The van der Waals surface area contributed by atoms with Gasteiger partial charge in [0.05, 0.1) is 6.21 Å². The Morgan fingerprint density at radius 3 is 2.31 bits per heavy atom. The van der Waals surface area contributed by atoms with E-state index in [-0.39, 0.29) is 0 Å². The number of hydrazone groups is 1. The molecule has 0 saturated carbocycles. The number of aryl methyl sites for hydroxylation is 2. The van der Waals surface area contributed by atoms with Gasteiger partial charge in [0.1, 0.15) is 0 Å². The minimum Gasteiger partial charge on any atom is -0.372 e. The molecule has 2 aromatic rings. The van der Waals surface area contributed by atoms with Crippen LogP contribution in [0.5, 0.6) is 0 Å². The fourth-order valence-electron chi connectivity index (χ4n) is 2.83. The van der Waals surface area contributed by atoms with Gasteiger partial charge in [-0.1, -0.05) is 37.3 Å². The summed E-state index contributed by atoms with van der Waals surface area (Å²) in [6.45, 7) is 10.6. The summed E-state index contributed by atoms with van der Waals surface area (Å²) in [6, 6.07) is 14.6. The Morgan fingerprint density at radius 2 is 1.73 bits per heavy atom. The van der Waals surface area contributed by atoms with E-state index in [1.54, 1.807) is 6.21 Å². The molecule has 0 heterocycles. The summed E-state index contributed by atoms with van der Waals surface area (Å²) >= 11 is 5.33. The summed E-state index contributed by atoms with van der Waals surface area (Å²) in [7, 11) is 0. The van der Waals surface area contributed by atoms with E-state index in [9.17, 15) is 0 Å². The third kappa shape index (κ3) is 5.56. The highest BCUT2D eigenvalue weighted by Crippen LogP contribution is 2.19. The molecular weight excluding hydrogens is 340 g/mol. The van der Waals surface area contributed by atoms with Crippen molar-refractivity contribution in [3.05, 3.63) is 59.2 Å². The number of nitrogens with zero attached hydrogens (tertiary/aromatic N) is 2. The minimum atomic E-state index is 0.482. The maximum absolute atomic E-state index is 5.33. The molecule has 0 aliphatic heterocycles. The molecule has 0 radical (unpaired) electrons. The second-order valence-corrected chi connectivity index (χ2v) is 6.67. The first-order valence-corrected chi connectivity index (χ1v) is 9.47. The summed E-state index contributed by atoms with van der Waals surface area (Å²) < 4.78 is 0. The molecule has 0 atom stereocenters. The molecule has 0 bridgehead atoms. The lowest BCUT2D eigenvalue weighted by Crippen LogP contribution is -2.24. The van der Waals surface area contributed by atoms with E-state index in [2.05, 4.69) is 84.8 Å². The monoisotopic (exact) mass is 368 g/mol. The van der Waals surface area contributed by atoms with Crippen LogP contribution in [-0.4, -0.2) is 24.4 Å². The Balaban J connectivity index is 1.92. The van der Waals surface area contributed by atoms with Gasteiger partial charge in [0.25, 0.3) is 0 Å². The van der Waals surface area contributed by atoms with Crippen molar-refractivity contribution in [2.45, 2.75) is 34.1 Å². The van der Waals surface area contributed by atoms with E-state index in [1.165, 1.54) is 5.69 Å². The van der Waals surface area contributed by atoms with Crippen molar-refractivity contribution < 1.29 is 0 Å². The number of benzene rings is 2. The van der Waals surface area contributed by atoms with Gasteiger partial charge in [-0.15, -0.1) is 0 Å². The first-order valence-electron chi connectivity index (χ1n) is 9.06. The summed E-state index contributed by atoms with van der Waals surface area (Å²) in [5.74, 6) is 0. The summed E-state index contributed by atoms with van der Waals surface area (Å²) in [6.07, 6.45) is 2.92. The molecule has 26 heavy (non-hydrogen) atoms. The molecular formula is C21H28N4S. The number of thiocarbonyl (C=S) groups is 1. The number of anilines is 2. The fourth-order valence-corrected chi connectivity index (χ4v) is 2.98. The van der Waals surface area contributed by atoms with Crippen LogP contribution in [0.15, 0.2) is 47.6 Å². The Morgan fingerprint density at radius 1 is 1.08 bits per heavy atom. The van der Waals surface area contributed by atoms with E-state index in [0.717, 1.165) is 41.9 Å². The predicted molar refractivity (Wildman–Crippen MR) is 117 cm³/mol. The zero-order chi connectivity index (χ0) is 18.9. The molecule has 0 aromatic heterocycles. The predicted octanol–water partition coefficient (Wildman–Crippen LogP) is 4.86. The highest BCUT2D eigenvalue weighted by Gasteiger charge is 2.04. The lowest BCUT2D eigenvalue weighted by Gasteiger charge is -2.22. The van der Waals surface area contributed by atoms with Crippen LogP contribution in [-0.2, 0) is 0 Å². The van der Waals surface area contributed by atoms with Gasteiger partial charge in [-0.25, -0.2) is 0 Å². The first-order chi connectivity index (χ1) is 12.5.